The van der Waals surface area contributed by atoms with E-state index in [4.69, 9.17) is 14.7 Å². The Morgan fingerprint density at radius 2 is 1.78 bits per heavy atom. The number of hydrogen-bond donors (Lipinski definition) is 1. The zero-order chi connectivity index (χ0) is 33.7. The number of benzene rings is 1. The molecule has 1 saturated carbocycles. The molecule has 3 aromatic heterocycles. The largest absolute Gasteiger partial charge is 0.378 e. The van der Waals surface area contributed by atoms with E-state index in [1.807, 2.05) is 12.4 Å². The fourth-order valence-corrected chi connectivity index (χ4v) is 8.97. The van der Waals surface area contributed by atoms with Gasteiger partial charge < -0.3 is 19.5 Å². The molecule has 0 atom stereocenters. The molecule has 5 aliphatic rings. The summed E-state index contributed by atoms with van der Waals surface area (Å²) in [6.07, 6.45) is 8.24. The number of carbonyl (C=O) groups excluding carboxylic acids is 1. The van der Waals surface area contributed by atoms with Crippen LogP contribution in [-0.2, 0) is 14.9 Å². The van der Waals surface area contributed by atoms with Gasteiger partial charge in [-0.05, 0) is 81.8 Å². The van der Waals surface area contributed by atoms with Crippen molar-refractivity contribution in [2.24, 2.45) is 5.41 Å². The van der Waals surface area contributed by atoms with Crippen LogP contribution in [0.3, 0.4) is 0 Å². The minimum Gasteiger partial charge on any atom is -0.378 e. The highest BCUT2D eigenvalue weighted by Gasteiger charge is 2.56. The van der Waals surface area contributed by atoms with E-state index in [1.54, 1.807) is 12.3 Å². The summed E-state index contributed by atoms with van der Waals surface area (Å²) in [6, 6.07) is 11.4. The van der Waals surface area contributed by atoms with Crippen LogP contribution in [0.4, 0.5) is 21.6 Å². The van der Waals surface area contributed by atoms with Crippen molar-refractivity contribution >= 4 is 34.1 Å². The predicted octanol–water partition coefficient (Wildman–Crippen LogP) is 5.91. The highest BCUT2D eigenvalue weighted by Crippen LogP contribution is 2.53. The van der Waals surface area contributed by atoms with Gasteiger partial charge in [-0.15, -0.1) is 0 Å². The number of ether oxygens (including phenoxy) is 1. The van der Waals surface area contributed by atoms with Crippen LogP contribution in [0.25, 0.3) is 22.3 Å². The number of aromatic nitrogens is 4. The first-order chi connectivity index (χ1) is 23.6. The lowest BCUT2D eigenvalue weighted by atomic mass is 9.73. The van der Waals surface area contributed by atoms with Crippen molar-refractivity contribution in [1.82, 2.24) is 29.3 Å². The lowest BCUT2D eigenvalue weighted by Gasteiger charge is -2.56. The van der Waals surface area contributed by atoms with Gasteiger partial charge in [-0.25, -0.2) is 14.4 Å². The van der Waals surface area contributed by atoms with E-state index < -0.39 is 11.2 Å². The standard InChI is InChI=1S/C38H45FN8O2/c1-23(2)46-22-41-32-16-31(43-35(34(32)46)42-30-7-10-40-17-29(30)39)24-5-6-28-33(13-24)47(26-14-25(15-26)45-20-37(3,4)21-45)36(48)38(28)8-11-44(12-9-38)27-18-49-19-27/h5-7,10,13,16-17,22-23,25-27H,8-9,11-12,14-15,18-21H2,1-4H3,(H,40,42,43)/t25-,26+. The summed E-state index contributed by atoms with van der Waals surface area (Å²) in [6.45, 7) is 14.5. The van der Waals surface area contributed by atoms with Crippen molar-refractivity contribution in [3.63, 3.8) is 0 Å². The monoisotopic (exact) mass is 664 g/mol. The highest BCUT2D eigenvalue weighted by molar-refractivity contribution is 6.09. The summed E-state index contributed by atoms with van der Waals surface area (Å²) in [5.74, 6) is 0.346. The summed E-state index contributed by atoms with van der Waals surface area (Å²) < 4.78 is 22.4. The number of pyridine rings is 2. The third-order valence-electron chi connectivity index (χ3n) is 11.9. The molecule has 4 aromatic rings. The fourth-order valence-electron chi connectivity index (χ4n) is 8.97. The third kappa shape index (κ3) is 4.99. The molecule has 0 bridgehead atoms. The van der Waals surface area contributed by atoms with Gasteiger partial charge in [0.2, 0.25) is 5.91 Å². The van der Waals surface area contributed by atoms with Gasteiger partial charge in [-0.3, -0.25) is 19.6 Å². The number of nitrogens with one attached hydrogen (secondary N) is 1. The normalized spacial score (nSPS) is 25.0. The van der Waals surface area contributed by atoms with Crippen molar-refractivity contribution in [3.05, 3.63) is 60.4 Å². The zero-order valence-electron chi connectivity index (χ0n) is 28.8. The lowest BCUT2D eigenvalue weighted by molar-refractivity contribution is -0.128. The second-order valence-corrected chi connectivity index (χ2v) is 16.0. The van der Waals surface area contributed by atoms with Crippen molar-refractivity contribution in [3.8, 4) is 11.3 Å². The number of hydrogen-bond acceptors (Lipinski definition) is 8. The summed E-state index contributed by atoms with van der Waals surface area (Å²) in [7, 11) is 0. The average molecular weight is 665 g/mol. The number of imidazole rings is 1. The van der Waals surface area contributed by atoms with Crippen molar-refractivity contribution in [2.75, 3.05) is 49.6 Å². The first-order valence-corrected chi connectivity index (χ1v) is 17.9. The Morgan fingerprint density at radius 3 is 2.45 bits per heavy atom. The van der Waals surface area contributed by atoms with Crippen molar-refractivity contribution in [1.29, 1.82) is 0 Å². The quantitative estimate of drug-likeness (QED) is 0.261. The molecule has 4 fully saturated rings. The van der Waals surface area contributed by atoms with Gasteiger partial charge in [0.15, 0.2) is 11.6 Å². The van der Waals surface area contributed by atoms with Gasteiger partial charge in [0.25, 0.3) is 0 Å². The molecule has 1 spiro atoms. The van der Waals surface area contributed by atoms with E-state index in [-0.39, 0.29) is 18.0 Å². The van der Waals surface area contributed by atoms with E-state index in [0.29, 0.717) is 29.0 Å². The third-order valence-corrected chi connectivity index (χ3v) is 11.9. The Morgan fingerprint density at radius 1 is 1.00 bits per heavy atom. The number of carbonyl (C=O) groups is 1. The molecule has 1 amide bonds. The van der Waals surface area contributed by atoms with E-state index in [2.05, 4.69) is 75.5 Å². The maximum atomic E-state index is 14.8. The first-order valence-electron chi connectivity index (χ1n) is 17.9. The molecule has 0 radical (unpaired) electrons. The minimum absolute atomic E-state index is 0.133. The van der Waals surface area contributed by atoms with Gasteiger partial charge in [0.05, 0.1) is 54.1 Å². The van der Waals surface area contributed by atoms with E-state index in [1.165, 1.54) is 6.20 Å². The SMILES string of the molecule is CC(C)n1cnc2cc(-c3ccc4c(c3)N([C@H]3C[C@@H](N5CC(C)(C)C5)C3)C(=O)C43CCN(C4COC4)CC3)nc(Nc3ccncc3F)c21. The van der Waals surface area contributed by atoms with Crippen molar-refractivity contribution < 1.29 is 13.9 Å². The molecule has 11 heteroatoms. The summed E-state index contributed by atoms with van der Waals surface area (Å²) in [5.41, 5.74) is 5.59. The second-order valence-electron chi connectivity index (χ2n) is 16.0. The number of rotatable bonds is 7. The van der Waals surface area contributed by atoms with Crippen LogP contribution in [0.1, 0.15) is 65.0 Å². The summed E-state index contributed by atoms with van der Waals surface area (Å²) >= 11 is 0. The smallest absolute Gasteiger partial charge is 0.238 e. The molecular weight excluding hydrogens is 619 g/mol. The van der Waals surface area contributed by atoms with E-state index >= 15 is 0 Å². The summed E-state index contributed by atoms with van der Waals surface area (Å²) in [5, 5.41) is 3.24. The number of piperidine rings is 1. The van der Waals surface area contributed by atoms with Crippen LogP contribution >= 0.6 is 0 Å². The van der Waals surface area contributed by atoms with Crippen LogP contribution < -0.4 is 10.2 Å². The van der Waals surface area contributed by atoms with Gasteiger partial charge in [0, 0.05) is 48.7 Å². The Hall–Kier alpha value is -3.93. The van der Waals surface area contributed by atoms with Crippen LogP contribution in [0.2, 0.25) is 0 Å². The van der Waals surface area contributed by atoms with Crippen molar-refractivity contribution in [2.45, 2.75) is 83.0 Å². The van der Waals surface area contributed by atoms with E-state index in [0.717, 1.165) is 98.6 Å². The number of nitrogens with zero attached hydrogens (tertiary/aromatic N) is 7. The fraction of sp³-hybridized carbons (Fsp3) is 0.526. The van der Waals surface area contributed by atoms with Crippen LogP contribution in [0, 0.1) is 11.2 Å². The molecule has 0 unspecified atom stereocenters. The molecule has 49 heavy (non-hydrogen) atoms. The topological polar surface area (TPSA) is 91.7 Å². The predicted molar refractivity (Wildman–Crippen MR) is 188 cm³/mol. The molecular formula is C38H45FN8O2. The molecule has 9 rings (SSSR count). The number of halogens is 1. The zero-order valence-corrected chi connectivity index (χ0v) is 28.8. The number of anilines is 3. The van der Waals surface area contributed by atoms with Gasteiger partial charge in [0.1, 0.15) is 5.52 Å². The maximum Gasteiger partial charge on any atom is 0.238 e. The Bertz CT molecular complexity index is 1930. The molecule has 1 aromatic carbocycles. The van der Waals surface area contributed by atoms with Gasteiger partial charge >= 0.3 is 0 Å². The highest BCUT2D eigenvalue weighted by atomic mass is 19.1. The molecule has 3 saturated heterocycles. The number of amides is 1. The molecule has 1 N–H and O–H groups in total. The van der Waals surface area contributed by atoms with Crippen LogP contribution in [-0.4, -0.2) is 92.7 Å². The lowest BCUT2D eigenvalue weighted by Crippen LogP contribution is -2.64. The van der Waals surface area contributed by atoms with Crippen LogP contribution in [0.15, 0.2) is 49.1 Å². The molecule has 1 aliphatic carbocycles. The minimum atomic E-state index is -0.502. The molecule has 7 heterocycles. The number of likely N-dealkylation sites (tertiary alicyclic amines) is 2. The van der Waals surface area contributed by atoms with Gasteiger partial charge in [-0.2, -0.15) is 0 Å². The Kier molecular flexibility index (Phi) is 7.17. The summed E-state index contributed by atoms with van der Waals surface area (Å²) in [4.78, 5) is 35.8. The molecule has 4 aliphatic heterocycles. The maximum absolute atomic E-state index is 14.8. The first kappa shape index (κ1) is 31.1. The van der Waals surface area contributed by atoms with E-state index in [9.17, 15) is 9.18 Å². The second kappa shape index (κ2) is 11.3. The Labute approximate surface area is 286 Å². The van der Waals surface area contributed by atoms with Gasteiger partial charge in [-0.1, -0.05) is 26.0 Å². The molecule has 256 valence electrons. The van der Waals surface area contributed by atoms with Crippen LogP contribution in [0.5, 0.6) is 0 Å². The molecule has 10 nitrogen and oxygen atoms in total. The number of fused-ring (bicyclic) bond motifs is 3. The Balaban J connectivity index is 1.09. The average Bonchev–Trinajstić information content (AvgIpc) is 3.55.